The lowest BCUT2D eigenvalue weighted by molar-refractivity contribution is -0.146. The first-order chi connectivity index (χ1) is 34.8. The summed E-state index contributed by atoms with van der Waals surface area (Å²) in [4.78, 5) is 41.9. The molecule has 0 heterocycles. The summed E-state index contributed by atoms with van der Waals surface area (Å²) in [5, 5.41) is 13.7. The molecular formula is C63H122N2O6. The Hall–Kier alpha value is -1.67. The molecule has 420 valence electrons. The van der Waals surface area contributed by atoms with Crippen LogP contribution in [0.4, 0.5) is 0 Å². The number of unbranched alkanes of at least 4 members (excludes halogenated alkanes) is 25. The van der Waals surface area contributed by atoms with Crippen LogP contribution in [0.5, 0.6) is 0 Å². The molecule has 1 aliphatic rings. The van der Waals surface area contributed by atoms with E-state index >= 15 is 0 Å². The van der Waals surface area contributed by atoms with E-state index in [9.17, 15) is 19.5 Å². The van der Waals surface area contributed by atoms with Gasteiger partial charge in [-0.2, -0.15) is 0 Å². The minimum atomic E-state index is -0.145. The average Bonchev–Trinajstić information content (AvgIpc) is 3.37. The molecule has 0 aromatic rings. The van der Waals surface area contributed by atoms with Crippen LogP contribution in [0.2, 0.25) is 0 Å². The Morgan fingerprint density at radius 1 is 0.437 bits per heavy atom. The molecule has 1 saturated carbocycles. The summed E-state index contributed by atoms with van der Waals surface area (Å²) >= 11 is 0. The lowest BCUT2D eigenvalue weighted by Crippen LogP contribution is -2.41. The number of nitrogens with zero attached hydrogens (tertiary/aromatic N) is 1. The van der Waals surface area contributed by atoms with E-state index in [0.29, 0.717) is 62.3 Å². The zero-order chi connectivity index (χ0) is 51.7. The lowest BCUT2D eigenvalue weighted by Gasteiger charge is -2.33. The van der Waals surface area contributed by atoms with Crippen molar-refractivity contribution in [1.82, 2.24) is 10.2 Å². The highest BCUT2D eigenvalue weighted by Crippen LogP contribution is 2.24. The minimum Gasteiger partial charge on any atom is -0.465 e. The Kier molecular flexibility index (Phi) is 47.9. The smallest absolute Gasteiger partial charge is 0.305 e. The molecule has 0 spiro atoms. The molecule has 0 aromatic heterocycles. The van der Waals surface area contributed by atoms with Crippen LogP contribution in [-0.4, -0.2) is 72.3 Å². The van der Waals surface area contributed by atoms with Crippen molar-refractivity contribution in [2.75, 3.05) is 26.3 Å². The van der Waals surface area contributed by atoms with Gasteiger partial charge < -0.3 is 24.8 Å². The SMILES string of the molecule is CCCCCCCCCCN(C(=O)CCCNC1CCC(O)CC1)C(CCCCCCCCC(=O)OCC(CCCC)CCCCCC)CCCCCCCCC(=O)OCC(CCCC)CCCCCC. The molecule has 8 heteroatoms. The molecule has 2 atom stereocenters. The van der Waals surface area contributed by atoms with Crippen LogP contribution in [0.15, 0.2) is 0 Å². The number of ether oxygens (including phenoxy) is 2. The summed E-state index contributed by atoms with van der Waals surface area (Å²) in [6.45, 7) is 14.2. The predicted molar refractivity (Wildman–Crippen MR) is 303 cm³/mol. The van der Waals surface area contributed by atoms with E-state index < -0.39 is 0 Å². The number of aliphatic hydroxyl groups excluding tert-OH is 1. The van der Waals surface area contributed by atoms with Crippen molar-refractivity contribution in [1.29, 1.82) is 0 Å². The van der Waals surface area contributed by atoms with Crippen LogP contribution < -0.4 is 5.32 Å². The van der Waals surface area contributed by atoms with Gasteiger partial charge in [0, 0.05) is 37.9 Å². The highest BCUT2D eigenvalue weighted by atomic mass is 16.5. The summed E-state index contributed by atoms with van der Waals surface area (Å²) in [5.74, 6) is 1.36. The molecule has 0 aliphatic heterocycles. The molecule has 1 amide bonds. The lowest BCUT2D eigenvalue weighted by atomic mass is 9.93. The van der Waals surface area contributed by atoms with Crippen molar-refractivity contribution < 1.29 is 29.0 Å². The van der Waals surface area contributed by atoms with Crippen molar-refractivity contribution in [2.45, 2.75) is 348 Å². The number of amides is 1. The van der Waals surface area contributed by atoms with Crippen LogP contribution in [0, 0.1) is 11.8 Å². The molecule has 1 fully saturated rings. The summed E-state index contributed by atoms with van der Waals surface area (Å²) < 4.78 is 11.6. The van der Waals surface area contributed by atoms with Crippen molar-refractivity contribution in [3.63, 3.8) is 0 Å². The highest BCUT2D eigenvalue weighted by Gasteiger charge is 2.24. The van der Waals surface area contributed by atoms with Crippen molar-refractivity contribution >= 4 is 17.8 Å². The first kappa shape index (κ1) is 67.3. The van der Waals surface area contributed by atoms with Crippen molar-refractivity contribution in [2.24, 2.45) is 11.8 Å². The number of carbonyl (C=O) groups is 3. The first-order valence-electron chi connectivity index (χ1n) is 31.8. The number of hydrogen-bond donors (Lipinski definition) is 2. The molecule has 0 radical (unpaired) electrons. The normalized spacial score (nSPS) is 16.2. The summed E-state index contributed by atoms with van der Waals surface area (Å²) in [6, 6.07) is 0.762. The van der Waals surface area contributed by atoms with E-state index in [-0.39, 0.29) is 18.0 Å². The molecular weight excluding hydrogens is 881 g/mol. The third kappa shape index (κ3) is 41.3. The molecule has 1 aliphatic carbocycles. The molecule has 0 saturated heterocycles. The Morgan fingerprint density at radius 2 is 0.803 bits per heavy atom. The van der Waals surface area contributed by atoms with Gasteiger partial charge in [-0.15, -0.1) is 0 Å². The Balaban J connectivity index is 2.72. The van der Waals surface area contributed by atoms with Gasteiger partial charge in [-0.3, -0.25) is 14.4 Å². The minimum absolute atomic E-state index is 0.0108. The number of esters is 2. The number of hydrogen-bond acceptors (Lipinski definition) is 7. The van der Waals surface area contributed by atoms with Gasteiger partial charge in [-0.05, 0) is 108 Å². The fourth-order valence-corrected chi connectivity index (χ4v) is 11.0. The molecule has 0 aromatic carbocycles. The van der Waals surface area contributed by atoms with Crippen LogP contribution in [0.25, 0.3) is 0 Å². The van der Waals surface area contributed by atoms with Gasteiger partial charge in [-0.25, -0.2) is 0 Å². The van der Waals surface area contributed by atoms with E-state index in [1.807, 2.05) is 0 Å². The largest absolute Gasteiger partial charge is 0.465 e. The van der Waals surface area contributed by atoms with Crippen LogP contribution in [0.3, 0.4) is 0 Å². The zero-order valence-electron chi connectivity index (χ0n) is 48.2. The third-order valence-electron chi connectivity index (χ3n) is 15.9. The molecule has 71 heavy (non-hydrogen) atoms. The summed E-state index contributed by atoms with van der Waals surface area (Å²) in [6.07, 6.45) is 51.6. The average molecular weight is 1000 g/mol. The highest BCUT2D eigenvalue weighted by molar-refractivity contribution is 5.76. The number of rotatable bonds is 53. The van der Waals surface area contributed by atoms with E-state index in [4.69, 9.17) is 9.47 Å². The van der Waals surface area contributed by atoms with Gasteiger partial charge in [0.1, 0.15) is 0 Å². The van der Waals surface area contributed by atoms with Crippen LogP contribution in [-0.2, 0) is 23.9 Å². The second kappa shape index (κ2) is 50.5. The van der Waals surface area contributed by atoms with Crippen LogP contribution >= 0.6 is 0 Å². The van der Waals surface area contributed by atoms with E-state index in [1.54, 1.807) is 0 Å². The van der Waals surface area contributed by atoms with E-state index in [0.717, 1.165) is 116 Å². The molecule has 1 rings (SSSR count). The topological polar surface area (TPSA) is 105 Å². The third-order valence-corrected chi connectivity index (χ3v) is 15.9. The summed E-state index contributed by atoms with van der Waals surface area (Å²) in [5.41, 5.74) is 0. The molecule has 2 N–H and O–H groups in total. The maximum absolute atomic E-state index is 14.2. The maximum Gasteiger partial charge on any atom is 0.305 e. The monoisotopic (exact) mass is 1000 g/mol. The Bertz CT molecular complexity index is 1120. The van der Waals surface area contributed by atoms with Gasteiger partial charge in [-0.1, -0.05) is 221 Å². The molecule has 2 unspecified atom stereocenters. The predicted octanol–water partition coefficient (Wildman–Crippen LogP) is 17.9. The maximum atomic E-state index is 14.2. The van der Waals surface area contributed by atoms with Gasteiger partial charge in [0.15, 0.2) is 0 Å². The van der Waals surface area contributed by atoms with Gasteiger partial charge in [0.25, 0.3) is 0 Å². The quantitative estimate of drug-likeness (QED) is 0.0462. The fourth-order valence-electron chi connectivity index (χ4n) is 11.0. The summed E-state index contributed by atoms with van der Waals surface area (Å²) in [7, 11) is 0. The van der Waals surface area contributed by atoms with Crippen molar-refractivity contribution in [3.8, 4) is 0 Å². The Morgan fingerprint density at radius 3 is 1.25 bits per heavy atom. The molecule has 0 bridgehead atoms. The van der Waals surface area contributed by atoms with Gasteiger partial charge in [0.05, 0.1) is 19.3 Å². The van der Waals surface area contributed by atoms with Gasteiger partial charge >= 0.3 is 11.9 Å². The second-order valence-electron chi connectivity index (χ2n) is 22.7. The second-order valence-corrected chi connectivity index (χ2v) is 22.7. The zero-order valence-corrected chi connectivity index (χ0v) is 48.2. The first-order valence-corrected chi connectivity index (χ1v) is 31.8. The number of carbonyl (C=O) groups excluding carboxylic acids is 3. The van der Waals surface area contributed by atoms with E-state index in [2.05, 4.69) is 44.8 Å². The van der Waals surface area contributed by atoms with Gasteiger partial charge in [0.2, 0.25) is 5.91 Å². The fraction of sp³-hybridized carbons (Fsp3) is 0.952. The van der Waals surface area contributed by atoms with Crippen molar-refractivity contribution in [3.05, 3.63) is 0 Å². The number of aliphatic hydroxyl groups is 1. The number of nitrogens with one attached hydrogen (secondary N) is 1. The van der Waals surface area contributed by atoms with Crippen LogP contribution in [0.1, 0.15) is 330 Å². The molecule has 8 nitrogen and oxygen atoms in total. The standard InChI is InChI=1S/C63H122N2O6/c1-6-11-16-19-20-25-30-37-53-65(61(67)45-38-52-64-58-48-50-60(66)51-49-58)59(43-33-26-21-23-28-35-46-62(68)70-54-56(39-14-9-4)41-31-17-12-7-2)44-34-27-22-24-29-36-47-63(69)71-55-57(40-15-10-5)42-32-18-13-8-3/h56-60,64,66H,6-55H2,1-5H3. The van der Waals surface area contributed by atoms with E-state index in [1.165, 1.54) is 173 Å². The Labute approximate surface area is 441 Å².